The van der Waals surface area contributed by atoms with Crippen LogP contribution >= 0.6 is 11.6 Å². The van der Waals surface area contributed by atoms with Crippen LogP contribution in [0.1, 0.15) is 5.69 Å². The summed E-state index contributed by atoms with van der Waals surface area (Å²) in [6.45, 7) is 0.641. The molecule has 0 aliphatic carbocycles. The summed E-state index contributed by atoms with van der Waals surface area (Å²) in [5.41, 5.74) is 1.12. The van der Waals surface area contributed by atoms with Gasteiger partial charge in [-0.05, 0) is 12.1 Å². The van der Waals surface area contributed by atoms with Crippen molar-refractivity contribution < 1.29 is 0 Å². The van der Waals surface area contributed by atoms with E-state index < -0.39 is 5.56 Å². The number of nitrogens with one attached hydrogen (secondary N) is 2. The van der Waals surface area contributed by atoms with Gasteiger partial charge in [0.1, 0.15) is 5.02 Å². The smallest absolute Gasteiger partial charge is 0.285 e. The van der Waals surface area contributed by atoms with E-state index >= 15 is 0 Å². The minimum absolute atomic E-state index is 0.126. The first kappa shape index (κ1) is 11.6. The van der Waals surface area contributed by atoms with Gasteiger partial charge in [0.05, 0.1) is 11.9 Å². The molecule has 2 aromatic rings. The molecule has 0 unspecified atom stereocenters. The molecule has 2 aromatic heterocycles. The lowest BCUT2D eigenvalue weighted by atomic mass is 10.2. The molecule has 0 bridgehead atoms. The Morgan fingerprint density at radius 3 is 3.06 bits per heavy atom. The van der Waals surface area contributed by atoms with Crippen LogP contribution in [0.4, 0.5) is 5.69 Å². The number of pyridine rings is 1. The van der Waals surface area contributed by atoms with Crippen LogP contribution in [0.5, 0.6) is 0 Å². The van der Waals surface area contributed by atoms with Crippen LogP contribution in [0, 0.1) is 0 Å². The molecule has 17 heavy (non-hydrogen) atoms. The molecular formula is C11H11ClN4O. The highest BCUT2D eigenvalue weighted by molar-refractivity contribution is 6.32. The summed E-state index contributed by atoms with van der Waals surface area (Å²) in [6, 6.07) is 5.75. The van der Waals surface area contributed by atoms with Gasteiger partial charge < -0.3 is 5.32 Å². The lowest BCUT2D eigenvalue weighted by Crippen LogP contribution is -2.13. The van der Waals surface area contributed by atoms with Crippen molar-refractivity contribution in [3.63, 3.8) is 0 Å². The topological polar surface area (TPSA) is 70.7 Å². The number of anilines is 1. The van der Waals surface area contributed by atoms with E-state index in [2.05, 4.69) is 20.5 Å². The van der Waals surface area contributed by atoms with Crippen molar-refractivity contribution in [3.05, 3.63) is 51.7 Å². The monoisotopic (exact) mass is 250 g/mol. The molecule has 0 spiro atoms. The van der Waals surface area contributed by atoms with Crippen LogP contribution in [0.25, 0.3) is 0 Å². The third-order valence-electron chi connectivity index (χ3n) is 2.22. The molecule has 6 heteroatoms. The molecule has 2 heterocycles. The Labute approximate surface area is 103 Å². The van der Waals surface area contributed by atoms with Gasteiger partial charge in [-0.25, -0.2) is 5.10 Å². The minimum atomic E-state index is -0.394. The average Bonchev–Trinajstić information content (AvgIpc) is 2.36. The Bertz CT molecular complexity index is 541. The highest BCUT2D eigenvalue weighted by Gasteiger charge is 2.03. The predicted octanol–water partition coefficient (Wildman–Crippen LogP) is 1.47. The standard InChI is InChI=1S/C11H11ClN4O/c12-10-9(7-15-16-11(10)17)14-6-4-8-3-1-2-5-13-8/h1-3,5,7H,4,6H2,(H2,14,16,17). The second-order valence-corrected chi connectivity index (χ2v) is 3.80. The molecule has 0 radical (unpaired) electrons. The number of halogens is 1. The van der Waals surface area contributed by atoms with E-state index in [0.29, 0.717) is 12.2 Å². The fourth-order valence-corrected chi connectivity index (χ4v) is 1.54. The molecule has 5 nitrogen and oxygen atoms in total. The van der Waals surface area contributed by atoms with Gasteiger partial charge in [-0.3, -0.25) is 9.78 Å². The number of rotatable bonds is 4. The molecule has 0 aliphatic rings. The van der Waals surface area contributed by atoms with Crippen molar-refractivity contribution in [2.75, 3.05) is 11.9 Å². The maximum atomic E-state index is 11.2. The highest BCUT2D eigenvalue weighted by Crippen LogP contribution is 2.13. The van der Waals surface area contributed by atoms with Crippen molar-refractivity contribution in [1.82, 2.24) is 15.2 Å². The van der Waals surface area contributed by atoms with Gasteiger partial charge in [-0.15, -0.1) is 0 Å². The van der Waals surface area contributed by atoms with Gasteiger partial charge in [-0.2, -0.15) is 5.10 Å². The van der Waals surface area contributed by atoms with Gasteiger partial charge in [0, 0.05) is 24.9 Å². The average molecular weight is 251 g/mol. The fourth-order valence-electron chi connectivity index (χ4n) is 1.38. The van der Waals surface area contributed by atoms with E-state index in [9.17, 15) is 4.79 Å². The Hall–Kier alpha value is -1.88. The van der Waals surface area contributed by atoms with Crippen LogP contribution in [0.2, 0.25) is 5.02 Å². The summed E-state index contributed by atoms with van der Waals surface area (Å²) in [6.07, 6.45) is 3.99. The predicted molar refractivity (Wildman–Crippen MR) is 66.3 cm³/mol. The quantitative estimate of drug-likeness (QED) is 0.862. The summed E-state index contributed by atoms with van der Waals surface area (Å²) in [7, 11) is 0. The zero-order valence-electron chi connectivity index (χ0n) is 8.98. The first-order valence-electron chi connectivity index (χ1n) is 5.14. The SMILES string of the molecule is O=c1[nH]ncc(NCCc2ccccn2)c1Cl. The summed E-state index contributed by atoms with van der Waals surface area (Å²) in [5, 5.41) is 9.10. The summed E-state index contributed by atoms with van der Waals surface area (Å²) in [5.74, 6) is 0. The molecule has 0 aliphatic heterocycles. The zero-order valence-corrected chi connectivity index (χ0v) is 9.74. The molecule has 2 rings (SSSR count). The second-order valence-electron chi connectivity index (χ2n) is 3.42. The van der Waals surface area contributed by atoms with Crippen molar-refractivity contribution in [2.45, 2.75) is 6.42 Å². The molecule has 2 N–H and O–H groups in total. The number of hydrogen-bond acceptors (Lipinski definition) is 4. The fraction of sp³-hybridized carbons (Fsp3) is 0.182. The lowest BCUT2D eigenvalue weighted by molar-refractivity contribution is 0.944. The van der Waals surface area contributed by atoms with E-state index in [4.69, 9.17) is 11.6 Å². The van der Waals surface area contributed by atoms with Crippen molar-refractivity contribution in [2.24, 2.45) is 0 Å². The van der Waals surface area contributed by atoms with E-state index in [-0.39, 0.29) is 5.02 Å². The molecule has 0 fully saturated rings. The van der Waals surface area contributed by atoms with Crippen molar-refractivity contribution in [3.8, 4) is 0 Å². The maximum absolute atomic E-state index is 11.2. The lowest BCUT2D eigenvalue weighted by Gasteiger charge is -2.06. The van der Waals surface area contributed by atoms with E-state index in [0.717, 1.165) is 12.1 Å². The van der Waals surface area contributed by atoms with Gasteiger partial charge in [0.25, 0.3) is 5.56 Å². The number of aromatic nitrogens is 3. The van der Waals surface area contributed by atoms with Crippen LogP contribution in [-0.2, 0) is 6.42 Å². The molecule has 0 atom stereocenters. The van der Waals surface area contributed by atoms with Gasteiger partial charge in [0.2, 0.25) is 0 Å². The van der Waals surface area contributed by atoms with Crippen molar-refractivity contribution >= 4 is 17.3 Å². The third kappa shape index (κ3) is 3.04. The molecule has 0 amide bonds. The first-order chi connectivity index (χ1) is 8.27. The van der Waals surface area contributed by atoms with Crippen LogP contribution in [0.3, 0.4) is 0 Å². The molecule has 0 saturated heterocycles. The Morgan fingerprint density at radius 2 is 2.29 bits per heavy atom. The number of H-pyrrole nitrogens is 1. The molecular weight excluding hydrogens is 240 g/mol. The zero-order chi connectivity index (χ0) is 12.1. The number of aromatic amines is 1. The highest BCUT2D eigenvalue weighted by atomic mass is 35.5. The Balaban J connectivity index is 1.95. The largest absolute Gasteiger partial charge is 0.382 e. The maximum Gasteiger partial charge on any atom is 0.285 e. The minimum Gasteiger partial charge on any atom is -0.382 e. The Morgan fingerprint density at radius 1 is 1.41 bits per heavy atom. The van der Waals surface area contributed by atoms with Crippen LogP contribution in [0.15, 0.2) is 35.4 Å². The van der Waals surface area contributed by atoms with Gasteiger partial charge >= 0.3 is 0 Å². The second kappa shape index (κ2) is 5.45. The number of nitrogens with zero attached hydrogens (tertiary/aromatic N) is 2. The Kier molecular flexibility index (Phi) is 3.72. The normalized spacial score (nSPS) is 10.2. The van der Waals surface area contributed by atoms with Crippen LogP contribution < -0.4 is 10.9 Å². The third-order valence-corrected chi connectivity index (χ3v) is 2.59. The van der Waals surface area contributed by atoms with Gasteiger partial charge in [-0.1, -0.05) is 17.7 Å². The molecule has 88 valence electrons. The summed E-state index contributed by atoms with van der Waals surface area (Å²) >= 11 is 5.81. The van der Waals surface area contributed by atoms with Crippen LogP contribution in [-0.4, -0.2) is 21.7 Å². The van der Waals surface area contributed by atoms with E-state index in [1.54, 1.807) is 6.20 Å². The van der Waals surface area contributed by atoms with Crippen molar-refractivity contribution in [1.29, 1.82) is 0 Å². The van der Waals surface area contributed by atoms with Gasteiger partial charge in [0.15, 0.2) is 0 Å². The first-order valence-corrected chi connectivity index (χ1v) is 5.52. The van der Waals surface area contributed by atoms with E-state index in [1.807, 2.05) is 18.2 Å². The summed E-state index contributed by atoms with van der Waals surface area (Å²) in [4.78, 5) is 15.4. The van der Waals surface area contributed by atoms with E-state index in [1.165, 1.54) is 6.20 Å². The number of hydrogen-bond donors (Lipinski definition) is 2. The molecule has 0 saturated carbocycles. The molecule has 0 aromatic carbocycles. The summed E-state index contributed by atoms with van der Waals surface area (Å²) < 4.78 is 0.